The molecule has 0 saturated heterocycles. The summed E-state index contributed by atoms with van der Waals surface area (Å²) >= 11 is 0. The molecule has 0 aromatic carbocycles. The second kappa shape index (κ2) is 45.2. The summed E-state index contributed by atoms with van der Waals surface area (Å²) in [6, 6.07) is 0. The van der Waals surface area contributed by atoms with Crippen LogP contribution in [0.25, 0.3) is 0 Å². The Morgan fingerprint density at radius 3 is 0.585 bits per heavy atom. The van der Waals surface area contributed by atoms with Gasteiger partial charge in [0.25, 0.3) is 0 Å². The van der Waals surface area contributed by atoms with E-state index in [1.54, 1.807) is 32.1 Å². The molecule has 4 saturated carbocycles. The van der Waals surface area contributed by atoms with Crippen molar-refractivity contribution >= 4 is 0 Å². The van der Waals surface area contributed by atoms with Crippen LogP contribution in [0.5, 0.6) is 0 Å². The molecule has 0 bridgehead atoms. The van der Waals surface area contributed by atoms with E-state index in [1.807, 2.05) is 0 Å². The van der Waals surface area contributed by atoms with Gasteiger partial charge < -0.3 is 0 Å². The third kappa shape index (κ3) is 33.3. The van der Waals surface area contributed by atoms with Crippen LogP contribution in [0, 0.1) is 21.7 Å². The molecule has 0 aliphatic heterocycles. The van der Waals surface area contributed by atoms with Crippen LogP contribution < -0.4 is 0 Å². The predicted octanol–water partition coefficient (Wildman–Crippen LogP) is 25.0. The molecular weight excluding hydrogens is 781 g/mol. The fourth-order valence-electron chi connectivity index (χ4n) is 12.9. The monoisotopic (exact) mass is 913 g/mol. The molecule has 0 heterocycles. The van der Waals surface area contributed by atoms with Crippen LogP contribution in [0.4, 0.5) is 0 Å². The molecule has 0 N–H and O–H groups in total. The highest BCUT2D eigenvalue weighted by Crippen LogP contribution is 2.50. The average molecular weight is 914 g/mol. The lowest BCUT2D eigenvalue weighted by Crippen LogP contribution is -2.29. The Labute approximate surface area is 416 Å². The van der Waals surface area contributed by atoms with Gasteiger partial charge in [0.15, 0.2) is 0 Å². The predicted molar refractivity (Wildman–Crippen MR) is 302 cm³/mol. The van der Waals surface area contributed by atoms with Crippen LogP contribution in [0.3, 0.4) is 0 Å². The van der Waals surface area contributed by atoms with E-state index in [0.29, 0.717) is 0 Å². The molecule has 4 rings (SSSR count). The Bertz CT molecular complexity index is 868. The maximum absolute atomic E-state index is 2.36. The van der Waals surface area contributed by atoms with Gasteiger partial charge in [-0.2, -0.15) is 0 Å². The highest BCUT2D eigenvalue weighted by molar-refractivity contribution is 4.89. The van der Waals surface area contributed by atoms with Crippen molar-refractivity contribution < 1.29 is 0 Å². The highest BCUT2D eigenvalue weighted by atomic mass is 14.4. The van der Waals surface area contributed by atoms with Gasteiger partial charge in [0.2, 0.25) is 0 Å². The fraction of sp³-hybridized carbons (Fsp3) is 1.00. The van der Waals surface area contributed by atoms with Gasteiger partial charge in [-0.1, -0.05) is 294 Å². The van der Waals surface area contributed by atoms with Crippen molar-refractivity contribution in [1.29, 1.82) is 0 Å². The van der Waals surface area contributed by atoms with E-state index in [0.717, 1.165) is 21.7 Å². The molecule has 0 aromatic heterocycles. The van der Waals surface area contributed by atoms with Crippen LogP contribution in [0.2, 0.25) is 0 Å². The smallest absolute Gasteiger partial charge is 0.0297 e. The lowest BCUT2D eigenvalue weighted by atomic mass is 9.63. The summed E-state index contributed by atoms with van der Waals surface area (Å²) in [5, 5.41) is 0. The van der Waals surface area contributed by atoms with Gasteiger partial charge in [-0.25, -0.2) is 0 Å². The van der Waals surface area contributed by atoms with Crippen LogP contribution in [0.1, 0.15) is 397 Å². The minimum atomic E-state index is 0.793. The van der Waals surface area contributed by atoms with Crippen molar-refractivity contribution in [2.45, 2.75) is 397 Å². The zero-order valence-electron chi connectivity index (χ0n) is 48.1. The second-order valence-electron chi connectivity index (χ2n) is 23.8. The fourth-order valence-corrected chi connectivity index (χ4v) is 12.9. The Morgan fingerprint density at radius 1 is 0.169 bits per heavy atom. The number of rotatable bonds is 36. The van der Waals surface area contributed by atoms with Crippen molar-refractivity contribution in [1.82, 2.24) is 0 Å². The highest BCUT2D eigenvalue weighted by Gasteiger charge is 2.36. The number of hydrogen-bond acceptors (Lipinski definition) is 0. The van der Waals surface area contributed by atoms with Crippen molar-refractivity contribution in [3.05, 3.63) is 0 Å². The lowest BCUT2D eigenvalue weighted by molar-refractivity contribution is 0.0984. The summed E-state index contributed by atoms with van der Waals surface area (Å²) in [5.41, 5.74) is 3.23. The van der Waals surface area contributed by atoms with Crippen LogP contribution in [-0.2, 0) is 0 Å². The molecule has 0 heteroatoms. The first-order chi connectivity index (χ1) is 31.7. The molecule has 0 unspecified atom stereocenters. The largest absolute Gasteiger partial charge is 0.0654 e. The number of unbranched alkanes of at least 4 members (excludes halogenated alkanes) is 20. The summed E-state index contributed by atoms with van der Waals surface area (Å²) in [5.74, 6) is 0. The van der Waals surface area contributed by atoms with E-state index in [-0.39, 0.29) is 0 Å². The average Bonchev–Trinajstić information content (AvgIpc) is 3.97. The van der Waals surface area contributed by atoms with Crippen LogP contribution in [-0.4, -0.2) is 0 Å². The maximum Gasteiger partial charge on any atom is -0.0297 e. The normalized spacial score (nSPS) is 18.4. The van der Waals surface area contributed by atoms with Gasteiger partial charge in [0.1, 0.15) is 0 Å². The summed E-state index contributed by atoms with van der Waals surface area (Å²) in [6.45, 7) is 22.9. The molecule has 4 aliphatic rings. The van der Waals surface area contributed by atoms with Crippen molar-refractivity contribution in [2.24, 2.45) is 21.7 Å². The van der Waals surface area contributed by atoms with E-state index in [4.69, 9.17) is 0 Å². The minimum absolute atomic E-state index is 0.793. The van der Waals surface area contributed by atoms with Gasteiger partial charge in [-0.3, -0.25) is 0 Å². The molecule has 0 atom stereocenters. The molecule has 0 radical (unpaired) electrons. The zero-order valence-corrected chi connectivity index (χ0v) is 48.1. The lowest BCUT2D eigenvalue weighted by Gasteiger charge is -2.42. The van der Waals surface area contributed by atoms with Crippen molar-refractivity contribution in [3.63, 3.8) is 0 Å². The molecule has 392 valence electrons. The van der Waals surface area contributed by atoms with E-state index in [9.17, 15) is 0 Å². The summed E-state index contributed by atoms with van der Waals surface area (Å²) in [7, 11) is 0. The SMILES string of the molecule is CCCC.CCCCCCC1(CCCC)CCC1.CCCCCCCC1(CCC)CCCC1.CCCCCCCC1(CCC)CCCC1.CCCCCCCCCC1(CCCC)CCC1. The van der Waals surface area contributed by atoms with E-state index < -0.39 is 0 Å². The van der Waals surface area contributed by atoms with Crippen molar-refractivity contribution in [2.75, 3.05) is 0 Å². The number of hydrogen-bond donors (Lipinski definition) is 0. The Balaban J connectivity index is 0.000000818. The van der Waals surface area contributed by atoms with E-state index in [1.165, 1.54) is 295 Å². The third-order valence-electron chi connectivity index (χ3n) is 17.8. The third-order valence-corrected chi connectivity index (χ3v) is 17.8. The summed E-state index contributed by atoms with van der Waals surface area (Å²) < 4.78 is 0. The van der Waals surface area contributed by atoms with E-state index >= 15 is 0 Å². The van der Waals surface area contributed by atoms with Crippen LogP contribution in [0.15, 0.2) is 0 Å². The standard InChI is InChI=1S/C17H34.2C15H30.C14H28.C4H10/c1-3-5-7-8-9-10-11-14-17(13-6-4-2)15-12-16-17;2*1-3-5-6-7-8-12-15(11-4-2)13-9-10-14-15;1-3-5-7-8-11-14(10-6-4-2)12-9-13-14;1-3-4-2/h3-16H2,1-2H3;2*3-14H2,1-2H3;3-13H2,1-2H3;3-4H2,1-2H3. The zero-order chi connectivity index (χ0) is 48.1. The molecule has 0 amide bonds. The molecule has 0 aromatic rings. The van der Waals surface area contributed by atoms with Gasteiger partial charge in [0.05, 0.1) is 0 Å². The van der Waals surface area contributed by atoms with Crippen LogP contribution >= 0.6 is 0 Å². The molecule has 0 spiro atoms. The van der Waals surface area contributed by atoms with Gasteiger partial charge >= 0.3 is 0 Å². The summed E-state index contributed by atoms with van der Waals surface area (Å²) in [6.07, 6.45) is 75.3. The molecule has 65 heavy (non-hydrogen) atoms. The topological polar surface area (TPSA) is 0 Å². The minimum Gasteiger partial charge on any atom is -0.0654 e. The first kappa shape index (κ1) is 65.0. The van der Waals surface area contributed by atoms with Gasteiger partial charge in [-0.15, -0.1) is 0 Å². The Hall–Kier alpha value is 0. The second-order valence-corrected chi connectivity index (χ2v) is 23.8. The van der Waals surface area contributed by atoms with Crippen molar-refractivity contribution in [3.8, 4) is 0 Å². The molecule has 4 aliphatic carbocycles. The van der Waals surface area contributed by atoms with Gasteiger partial charge in [-0.05, 0) is 124 Å². The molecule has 0 nitrogen and oxygen atoms in total. The Kier molecular flexibility index (Phi) is 45.2. The first-order valence-electron chi connectivity index (χ1n) is 31.7. The maximum atomic E-state index is 2.36. The molecule has 4 fully saturated rings. The quantitative estimate of drug-likeness (QED) is 0.0550. The first-order valence-corrected chi connectivity index (χ1v) is 31.7. The summed E-state index contributed by atoms with van der Waals surface area (Å²) in [4.78, 5) is 0. The van der Waals surface area contributed by atoms with Gasteiger partial charge in [0, 0.05) is 0 Å². The van der Waals surface area contributed by atoms with E-state index in [2.05, 4.69) is 69.2 Å². The Morgan fingerprint density at radius 2 is 0.369 bits per heavy atom. The molecular formula is C65H132.